The number of halogens is 1. The van der Waals surface area contributed by atoms with Gasteiger partial charge in [-0.2, -0.15) is 0 Å². The normalized spacial score (nSPS) is 17.0. The fourth-order valence-electron chi connectivity index (χ4n) is 1.34. The number of alkyl halides is 1. The Kier molecular flexibility index (Phi) is 6.20. The molecule has 2 atom stereocenters. The zero-order valence-electron chi connectivity index (χ0n) is 8.80. The lowest BCUT2D eigenvalue weighted by Gasteiger charge is -2.28. The minimum atomic E-state index is 0.567. The maximum Gasteiger partial charge on any atom is 0.0503 e. The van der Waals surface area contributed by atoms with E-state index in [1.165, 1.54) is 0 Å². The first-order valence-electron chi connectivity index (χ1n) is 4.63. The van der Waals surface area contributed by atoms with E-state index in [0.717, 1.165) is 6.61 Å². The first kappa shape index (κ1) is 12.4. The highest BCUT2D eigenvalue weighted by molar-refractivity contribution is 9.09. The van der Waals surface area contributed by atoms with Gasteiger partial charge in [0.25, 0.3) is 0 Å². The Bertz CT molecular complexity index is 112. The molecule has 0 spiro atoms. The first-order chi connectivity index (χ1) is 5.50. The molecule has 0 amide bonds. The predicted octanol–water partition coefficient (Wildman–Crippen LogP) is 3.32. The van der Waals surface area contributed by atoms with Gasteiger partial charge in [0.2, 0.25) is 0 Å². The molecule has 0 fully saturated rings. The SMILES string of the molecule is COCC(C(C)C)C(Br)C(C)C. The molecule has 0 aromatic rings. The van der Waals surface area contributed by atoms with E-state index < -0.39 is 0 Å². The predicted molar refractivity (Wildman–Crippen MR) is 57.8 cm³/mol. The van der Waals surface area contributed by atoms with Gasteiger partial charge in [-0.3, -0.25) is 0 Å². The zero-order valence-corrected chi connectivity index (χ0v) is 10.4. The van der Waals surface area contributed by atoms with E-state index in [2.05, 4.69) is 43.6 Å². The third kappa shape index (κ3) is 3.90. The van der Waals surface area contributed by atoms with E-state index in [4.69, 9.17) is 4.74 Å². The number of ether oxygens (including phenoxy) is 1. The lowest BCUT2D eigenvalue weighted by molar-refractivity contribution is 0.121. The maximum absolute atomic E-state index is 5.21. The molecule has 74 valence electrons. The summed E-state index contributed by atoms with van der Waals surface area (Å²) in [6.07, 6.45) is 0. The first-order valence-corrected chi connectivity index (χ1v) is 5.55. The molecule has 0 radical (unpaired) electrons. The fraction of sp³-hybridized carbons (Fsp3) is 1.00. The van der Waals surface area contributed by atoms with Crippen LogP contribution in [0, 0.1) is 17.8 Å². The van der Waals surface area contributed by atoms with Crippen LogP contribution in [0.15, 0.2) is 0 Å². The standard InChI is InChI=1S/C10H21BrO/c1-7(2)9(6-12-5)10(11)8(3)4/h7-10H,6H2,1-5H3. The molecule has 2 heteroatoms. The lowest BCUT2D eigenvalue weighted by atomic mass is 9.88. The highest BCUT2D eigenvalue weighted by atomic mass is 79.9. The maximum atomic E-state index is 5.21. The van der Waals surface area contributed by atoms with Gasteiger partial charge in [-0.15, -0.1) is 0 Å². The van der Waals surface area contributed by atoms with Crippen LogP contribution in [0.1, 0.15) is 27.7 Å². The Morgan fingerprint density at radius 3 is 1.83 bits per heavy atom. The summed E-state index contributed by atoms with van der Waals surface area (Å²) in [6.45, 7) is 9.83. The summed E-state index contributed by atoms with van der Waals surface area (Å²) >= 11 is 3.73. The number of methoxy groups -OCH3 is 1. The number of hydrogen-bond donors (Lipinski definition) is 0. The molecule has 0 heterocycles. The van der Waals surface area contributed by atoms with Gasteiger partial charge < -0.3 is 4.74 Å². The summed E-state index contributed by atoms with van der Waals surface area (Å²) in [7, 11) is 1.77. The van der Waals surface area contributed by atoms with Crippen molar-refractivity contribution in [1.82, 2.24) is 0 Å². The summed E-state index contributed by atoms with van der Waals surface area (Å²) < 4.78 is 5.21. The van der Waals surface area contributed by atoms with Crippen molar-refractivity contribution < 1.29 is 4.74 Å². The highest BCUT2D eigenvalue weighted by Crippen LogP contribution is 2.27. The molecule has 0 N–H and O–H groups in total. The van der Waals surface area contributed by atoms with Crippen molar-refractivity contribution >= 4 is 15.9 Å². The minimum absolute atomic E-state index is 0.567. The fourth-order valence-corrected chi connectivity index (χ4v) is 2.10. The minimum Gasteiger partial charge on any atom is -0.384 e. The second-order valence-electron chi connectivity index (χ2n) is 4.05. The zero-order chi connectivity index (χ0) is 9.72. The Morgan fingerprint density at radius 2 is 1.58 bits per heavy atom. The average Bonchev–Trinajstić information content (AvgIpc) is 1.98. The highest BCUT2D eigenvalue weighted by Gasteiger charge is 2.24. The van der Waals surface area contributed by atoms with Crippen molar-refractivity contribution in [2.75, 3.05) is 13.7 Å². The van der Waals surface area contributed by atoms with Crippen LogP contribution in [0.3, 0.4) is 0 Å². The third-order valence-electron chi connectivity index (χ3n) is 2.26. The van der Waals surface area contributed by atoms with Crippen molar-refractivity contribution in [3.8, 4) is 0 Å². The van der Waals surface area contributed by atoms with Gasteiger partial charge in [0.1, 0.15) is 0 Å². The van der Waals surface area contributed by atoms with Gasteiger partial charge in [0.05, 0.1) is 6.61 Å². The van der Waals surface area contributed by atoms with Crippen molar-refractivity contribution in [3.05, 3.63) is 0 Å². The molecular weight excluding hydrogens is 216 g/mol. The van der Waals surface area contributed by atoms with Crippen molar-refractivity contribution in [2.24, 2.45) is 17.8 Å². The van der Waals surface area contributed by atoms with E-state index in [0.29, 0.717) is 22.6 Å². The Hall–Kier alpha value is 0.440. The largest absolute Gasteiger partial charge is 0.384 e. The Labute approximate surface area is 85.0 Å². The molecule has 2 unspecified atom stereocenters. The molecular formula is C10H21BrO. The summed E-state index contributed by atoms with van der Waals surface area (Å²) in [4.78, 5) is 0.567. The van der Waals surface area contributed by atoms with Crippen LogP contribution in [-0.4, -0.2) is 18.5 Å². The van der Waals surface area contributed by atoms with Crippen molar-refractivity contribution in [3.63, 3.8) is 0 Å². The smallest absolute Gasteiger partial charge is 0.0503 e. The van der Waals surface area contributed by atoms with E-state index in [-0.39, 0.29) is 0 Å². The summed E-state index contributed by atoms with van der Waals surface area (Å²) in [6, 6.07) is 0. The summed E-state index contributed by atoms with van der Waals surface area (Å²) in [5.74, 6) is 1.97. The molecule has 0 aromatic heterocycles. The monoisotopic (exact) mass is 236 g/mol. The summed E-state index contributed by atoms with van der Waals surface area (Å²) in [5.41, 5.74) is 0. The molecule has 0 saturated heterocycles. The molecule has 0 rings (SSSR count). The Balaban J connectivity index is 4.09. The van der Waals surface area contributed by atoms with Crippen molar-refractivity contribution in [1.29, 1.82) is 0 Å². The average molecular weight is 237 g/mol. The molecule has 0 aliphatic heterocycles. The number of rotatable bonds is 5. The van der Waals surface area contributed by atoms with Gasteiger partial charge in [-0.05, 0) is 17.8 Å². The second-order valence-corrected chi connectivity index (χ2v) is 5.11. The van der Waals surface area contributed by atoms with Gasteiger partial charge >= 0.3 is 0 Å². The van der Waals surface area contributed by atoms with Gasteiger partial charge in [0, 0.05) is 11.9 Å². The molecule has 0 aliphatic carbocycles. The van der Waals surface area contributed by atoms with Gasteiger partial charge in [-0.1, -0.05) is 43.6 Å². The van der Waals surface area contributed by atoms with Crippen LogP contribution < -0.4 is 0 Å². The molecule has 0 bridgehead atoms. The molecule has 0 aromatic carbocycles. The van der Waals surface area contributed by atoms with Crippen LogP contribution in [0.2, 0.25) is 0 Å². The van der Waals surface area contributed by atoms with E-state index in [1.54, 1.807) is 7.11 Å². The molecule has 12 heavy (non-hydrogen) atoms. The third-order valence-corrected chi connectivity index (χ3v) is 4.00. The second kappa shape index (κ2) is 5.98. The molecule has 0 saturated carbocycles. The quantitative estimate of drug-likeness (QED) is 0.666. The number of hydrogen-bond acceptors (Lipinski definition) is 1. The molecule has 0 aliphatic rings. The van der Waals surface area contributed by atoms with Crippen LogP contribution >= 0.6 is 15.9 Å². The lowest BCUT2D eigenvalue weighted by Crippen LogP contribution is -2.28. The molecule has 1 nitrogen and oxygen atoms in total. The summed E-state index contributed by atoms with van der Waals surface area (Å²) in [5, 5.41) is 0. The van der Waals surface area contributed by atoms with E-state index in [1.807, 2.05) is 0 Å². The van der Waals surface area contributed by atoms with Crippen LogP contribution in [-0.2, 0) is 4.74 Å². The van der Waals surface area contributed by atoms with Crippen LogP contribution in [0.25, 0.3) is 0 Å². The van der Waals surface area contributed by atoms with E-state index >= 15 is 0 Å². The van der Waals surface area contributed by atoms with Gasteiger partial charge in [-0.25, -0.2) is 0 Å². The topological polar surface area (TPSA) is 9.23 Å². The van der Waals surface area contributed by atoms with Gasteiger partial charge in [0.15, 0.2) is 0 Å². The van der Waals surface area contributed by atoms with Crippen LogP contribution in [0.4, 0.5) is 0 Å². The van der Waals surface area contributed by atoms with E-state index in [9.17, 15) is 0 Å². The van der Waals surface area contributed by atoms with Crippen LogP contribution in [0.5, 0.6) is 0 Å². The van der Waals surface area contributed by atoms with Crippen molar-refractivity contribution in [2.45, 2.75) is 32.5 Å². The Morgan fingerprint density at radius 1 is 1.08 bits per heavy atom.